The van der Waals surface area contributed by atoms with Crippen molar-refractivity contribution in [1.82, 2.24) is 0 Å². The fourth-order valence-corrected chi connectivity index (χ4v) is 3.17. The van der Waals surface area contributed by atoms with Crippen molar-refractivity contribution in [1.29, 1.82) is 0 Å². The summed E-state index contributed by atoms with van der Waals surface area (Å²) in [5.41, 5.74) is 6.42. The average Bonchev–Trinajstić information content (AvgIpc) is 2.45. The van der Waals surface area contributed by atoms with Crippen molar-refractivity contribution in [3.05, 3.63) is 34.3 Å². The van der Waals surface area contributed by atoms with Crippen molar-refractivity contribution < 1.29 is 9.53 Å². The maximum atomic E-state index is 12.2. The van der Waals surface area contributed by atoms with Gasteiger partial charge in [0.15, 0.2) is 0 Å². The van der Waals surface area contributed by atoms with E-state index in [1.165, 1.54) is 6.42 Å². The minimum atomic E-state index is -0.780. The topological polar surface area (TPSA) is 52.3 Å². The van der Waals surface area contributed by atoms with Crippen LogP contribution in [0.5, 0.6) is 0 Å². The van der Waals surface area contributed by atoms with Crippen LogP contribution >= 0.6 is 15.9 Å². The van der Waals surface area contributed by atoms with Crippen LogP contribution in [-0.4, -0.2) is 11.5 Å². The van der Waals surface area contributed by atoms with Crippen LogP contribution in [0.25, 0.3) is 0 Å². The minimum Gasteiger partial charge on any atom is -0.459 e. The first-order valence-corrected chi connectivity index (χ1v) is 8.03. The molecule has 0 bridgehead atoms. The molecule has 0 spiro atoms. The third kappa shape index (κ3) is 3.83. The molecule has 0 aromatic heterocycles. The lowest BCUT2D eigenvalue weighted by Crippen LogP contribution is -2.51. The van der Waals surface area contributed by atoms with E-state index in [9.17, 15) is 4.79 Å². The number of ether oxygens (including phenoxy) is 1. The predicted octanol–water partition coefficient (Wildman–Crippen LogP) is 3.79. The SMILES string of the molecule is CCC1CCC(N)(C(=O)OCc2cccc(Br)c2)CC1. The molecule has 0 saturated heterocycles. The monoisotopic (exact) mass is 339 g/mol. The molecule has 0 aliphatic heterocycles. The van der Waals surface area contributed by atoms with E-state index in [0.717, 1.165) is 35.7 Å². The number of rotatable bonds is 4. The van der Waals surface area contributed by atoms with Crippen LogP contribution in [0.15, 0.2) is 28.7 Å². The van der Waals surface area contributed by atoms with Gasteiger partial charge >= 0.3 is 5.97 Å². The lowest BCUT2D eigenvalue weighted by molar-refractivity contribution is -0.153. The molecular formula is C16H22BrNO2. The van der Waals surface area contributed by atoms with Gasteiger partial charge in [-0.05, 0) is 49.3 Å². The van der Waals surface area contributed by atoms with Crippen LogP contribution in [0.4, 0.5) is 0 Å². The molecule has 0 radical (unpaired) electrons. The Bertz CT molecular complexity index is 467. The van der Waals surface area contributed by atoms with Gasteiger partial charge in [-0.3, -0.25) is 4.79 Å². The van der Waals surface area contributed by atoms with E-state index in [1.807, 2.05) is 24.3 Å². The second-order valence-corrected chi connectivity index (χ2v) is 6.63. The molecule has 1 fully saturated rings. The van der Waals surface area contributed by atoms with Gasteiger partial charge in [-0.1, -0.05) is 41.4 Å². The number of nitrogens with two attached hydrogens (primary N) is 1. The number of hydrogen-bond acceptors (Lipinski definition) is 3. The van der Waals surface area contributed by atoms with Gasteiger partial charge in [0.05, 0.1) is 0 Å². The minimum absolute atomic E-state index is 0.257. The number of benzene rings is 1. The molecule has 2 N–H and O–H groups in total. The van der Waals surface area contributed by atoms with Crippen molar-refractivity contribution in [2.45, 2.75) is 51.2 Å². The van der Waals surface area contributed by atoms with E-state index in [1.54, 1.807) is 0 Å². The Kier molecular flexibility index (Phi) is 5.22. The second-order valence-electron chi connectivity index (χ2n) is 5.71. The Hall–Kier alpha value is -0.870. The summed E-state index contributed by atoms with van der Waals surface area (Å²) in [5, 5.41) is 0. The molecule has 0 unspecified atom stereocenters. The first kappa shape index (κ1) is 15.5. The quantitative estimate of drug-likeness (QED) is 0.849. The highest BCUT2D eigenvalue weighted by Gasteiger charge is 2.39. The lowest BCUT2D eigenvalue weighted by atomic mass is 9.76. The Balaban J connectivity index is 1.88. The summed E-state index contributed by atoms with van der Waals surface area (Å²) in [4.78, 5) is 12.2. The number of carbonyl (C=O) groups excluding carboxylic acids is 1. The molecule has 1 aromatic carbocycles. The van der Waals surface area contributed by atoms with Crippen LogP contribution in [0.1, 0.15) is 44.6 Å². The maximum Gasteiger partial charge on any atom is 0.326 e. The first-order valence-electron chi connectivity index (χ1n) is 7.24. The molecule has 4 heteroatoms. The highest BCUT2D eigenvalue weighted by atomic mass is 79.9. The third-order valence-electron chi connectivity index (χ3n) is 4.24. The summed E-state index contributed by atoms with van der Waals surface area (Å²) in [7, 11) is 0. The van der Waals surface area contributed by atoms with Crippen LogP contribution in [0, 0.1) is 5.92 Å². The van der Waals surface area contributed by atoms with Crippen molar-refractivity contribution >= 4 is 21.9 Å². The van der Waals surface area contributed by atoms with Crippen LogP contribution in [0.3, 0.4) is 0 Å². The Morgan fingerprint density at radius 1 is 1.45 bits per heavy atom. The van der Waals surface area contributed by atoms with Gasteiger partial charge < -0.3 is 10.5 Å². The Morgan fingerprint density at radius 3 is 2.75 bits per heavy atom. The molecule has 110 valence electrons. The van der Waals surface area contributed by atoms with Crippen molar-refractivity contribution in [3.8, 4) is 0 Å². The molecule has 2 rings (SSSR count). The van der Waals surface area contributed by atoms with E-state index in [0.29, 0.717) is 5.92 Å². The van der Waals surface area contributed by atoms with E-state index in [4.69, 9.17) is 10.5 Å². The number of carbonyl (C=O) groups is 1. The molecular weight excluding hydrogens is 318 g/mol. The summed E-state index contributed by atoms with van der Waals surface area (Å²) in [6, 6.07) is 7.76. The third-order valence-corrected chi connectivity index (χ3v) is 4.73. The highest BCUT2D eigenvalue weighted by Crippen LogP contribution is 2.33. The fraction of sp³-hybridized carbons (Fsp3) is 0.562. The molecule has 1 aliphatic rings. The normalized spacial score (nSPS) is 26.2. The molecule has 1 aromatic rings. The van der Waals surface area contributed by atoms with Gasteiger partial charge in [0.25, 0.3) is 0 Å². The van der Waals surface area contributed by atoms with Gasteiger partial charge in [-0.15, -0.1) is 0 Å². The van der Waals surface area contributed by atoms with Crippen LogP contribution in [0.2, 0.25) is 0 Å². The molecule has 1 aliphatic carbocycles. The summed E-state index contributed by atoms with van der Waals surface area (Å²) in [5.74, 6) is 0.455. The zero-order chi connectivity index (χ0) is 14.6. The van der Waals surface area contributed by atoms with Gasteiger partial charge in [-0.2, -0.15) is 0 Å². The van der Waals surface area contributed by atoms with E-state index >= 15 is 0 Å². The second kappa shape index (κ2) is 6.72. The number of hydrogen-bond donors (Lipinski definition) is 1. The first-order chi connectivity index (χ1) is 9.53. The average molecular weight is 340 g/mol. The van der Waals surface area contributed by atoms with Gasteiger partial charge in [0, 0.05) is 4.47 Å². The summed E-state index contributed by atoms with van der Waals surface area (Å²) in [6.07, 6.45) is 4.70. The van der Waals surface area contributed by atoms with Gasteiger partial charge in [-0.25, -0.2) is 0 Å². The van der Waals surface area contributed by atoms with E-state index in [-0.39, 0.29) is 12.6 Å². The summed E-state index contributed by atoms with van der Waals surface area (Å²) < 4.78 is 6.39. The van der Waals surface area contributed by atoms with Gasteiger partial charge in [0.2, 0.25) is 0 Å². The van der Waals surface area contributed by atoms with Crippen molar-refractivity contribution in [2.75, 3.05) is 0 Å². The number of esters is 1. The lowest BCUT2D eigenvalue weighted by Gasteiger charge is -2.34. The number of halogens is 1. The Morgan fingerprint density at radius 2 is 2.15 bits per heavy atom. The summed E-state index contributed by atoms with van der Waals surface area (Å²) in [6.45, 7) is 2.48. The molecule has 1 saturated carbocycles. The molecule has 0 amide bonds. The Labute approximate surface area is 129 Å². The fourth-order valence-electron chi connectivity index (χ4n) is 2.72. The largest absolute Gasteiger partial charge is 0.459 e. The van der Waals surface area contributed by atoms with Crippen LogP contribution in [-0.2, 0) is 16.1 Å². The van der Waals surface area contributed by atoms with E-state index < -0.39 is 5.54 Å². The van der Waals surface area contributed by atoms with Gasteiger partial charge in [0.1, 0.15) is 12.1 Å². The zero-order valence-corrected chi connectivity index (χ0v) is 13.5. The van der Waals surface area contributed by atoms with E-state index in [2.05, 4.69) is 22.9 Å². The predicted molar refractivity (Wildman–Crippen MR) is 83.1 cm³/mol. The smallest absolute Gasteiger partial charge is 0.326 e. The molecule has 0 heterocycles. The maximum absolute atomic E-state index is 12.2. The standard InChI is InChI=1S/C16H22BrNO2/c1-2-12-6-8-16(18,9-7-12)15(19)20-11-13-4-3-5-14(17)10-13/h3-5,10,12H,2,6-9,11,18H2,1H3. The molecule has 0 atom stereocenters. The molecule has 20 heavy (non-hydrogen) atoms. The zero-order valence-electron chi connectivity index (χ0n) is 11.9. The molecule has 3 nitrogen and oxygen atoms in total. The van der Waals surface area contributed by atoms with Crippen molar-refractivity contribution in [3.63, 3.8) is 0 Å². The van der Waals surface area contributed by atoms with Crippen molar-refractivity contribution in [2.24, 2.45) is 11.7 Å². The highest BCUT2D eigenvalue weighted by molar-refractivity contribution is 9.10. The summed E-state index contributed by atoms with van der Waals surface area (Å²) >= 11 is 3.41. The van der Waals surface area contributed by atoms with Crippen LogP contribution < -0.4 is 5.73 Å².